The highest BCUT2D eigenvalue weighted by Crippen LogP contribution is 2.43. The van der Waals surface area contributed by atoms with Crippen LogP contribution in [-0.2, 0) is 38.9 Å². The highest BCUT2D eigenvalue weighted by atomic mass is 16.6. The van der Waals surface area contributed by atoms with Crippen molar-refractivity contribution in [1.29, 1.82) is 0 Å². The maximum atomic E-state index is 12.3. The fourth-order valence-electron chi connectivity index (χ4n) is 8.42. The van der Waals surface area contributed by atoms with E-state index in [1.807, 2.05) is 26.0 Å². The molecule has 7 rings (SSSR count). The Kier molecular flexibility index (Phi) is 11.4. The van der Waals surface area contributed by atoms with Crippen LogP contribution in [-0.4, -0.2) is 20.1 Å². The number of aryl methyl sites for hydroxylation is 4. The summed E-state index contributed by atoms with van der Waals surface area (Å²) in [6.45, 7) is 16.7. The van der Waals surface area contributed by atoms with E-state index in [-0.39, 0.29) is 36.1 Å². The molecule has 308 valence electrons. The van der Waals surface area contributed by atoms with Gasteiger partial charge < -0.3 is 19.7 Å². The molecule has 8 bridgehead atoms. The van der Waals surface area contributed by atoms with Gasteiger partial charge in [0.1, 0.15) is 36.2 Å². The first-order chi connectivity index (χ1) is 28.5. The molecule has 0 heterocycles. The average molecular weight is 807 g/mol. The molecule has 0 fully saturated rings. The molecule has 10 heteroatoms. The number of aromatic hydroxyl groups is 2. The Morgan fingerprint density at radius 2 is 0.750 bits per heavy atom. The second kappa shape index (κ2) is 16.5. The number of hydrogen-bond donors (Lipinski definition) is 2. The molecule has 6 aromatic rings. The summed E-state index contributed by atoms with van der Waals surface area (Å²) in [5, 5.41) is 47.4. The third-order valence-corrected chi connectivity index (χ3v) is 12.6. The fraction of sp³-hybridized carbons (Fsp3) is 0.280. The number of nitro benzene ring substituents is 2. The van der Waals surface area contributed by atoms with E-state index in [2.05, 4.69) is 53.7 Å². The van der Waals surface area contributed by atoms with E-state index < -0.39 is 9.85 Å². The van der Waals surface area contributed by atoms with Crippen molar-refractivity contribution in [2.75, 3.05) is 0 Å². The van der Waals surface area contributed by atoms with E-state index in [4.69, 9.17) is 9.47 Å². The summed E-state index contributed by atoms with van der Waals surface area (Å²) in [5.74, 6) is 1.71. The molecule has 0 saturated heterocycles. The molecule has 0 amide bonds. The minimum atomic E-state index is -0.423. The zero-order valence-electron chi connectivity index (χ0n) is 35.4. The Morgan fingerprint density at radius 3 is 1.07 bits per heavy atom. The van der Waals surface area contributed by atoms with Crippen LogP contribution in [0.25, 0.3) is 0 Å². The van der Waals surface area contributed by atoms with Crippen LogP contribution in [0.1, 0.15) is 100 Å². The maximum Gasteiger partial charge on any atom is 0.269 e. The Balaban J connectivity index is 1.44. The number of hydrogen-bond acceptors (Lipinski definition) is 8. The third-order valence-electron chi connectivity index (χ3n) is 12.6. The molecular formula is C50H50N2O8. The van der Waals surface area contributed by atoms with Crippen LogP contribution in [0, 0.1) is 75.6 Å². The lowest BCUT2D eigenvalue weighted by atomic mass is 9.84. The van der Waals surface area contributed by atoms with Crippen LogP contribution in [0.2, 0.25) is 0 Å². The van der Waals surface area contributed by atoms with Gasteiger partial charge in [-0.25, -0.2) is 0 Å². The van der Waals surface area contributed by atoms with Gasteiger partial charge in [-0.2, -0.15) is 0 Å². The van der Waals surface area contributed by atoms with Gasteiger partial charge in [-0.1, -0.05) is 24.3 Å². The summed E-state index contributed by atoms with van der Waals surface area (Å²) in [4.78, 5) is 21.9. The van der Waals surface area contributed by atoms with E-state index in [1.165, 1.54) is 24.3 Å². The van der Waals surface area contributed by atoms with Crippen molar-refractivity contribution in [3.05, 3.63) is 193 Å². The first kappa shape index (κ1) is 41.5. The third kappa shape index (κ3) is 8.02. The number of ether oxygens (including phenoxy) is 2. The van der Waals surface area contributed by atoms with Crippen LogP contribution >= 0.6 is 0 Å². The molecule has 0 aromatic heterocycles. The molecule has 0 unspecified atom stereocenters. The lowest BCUT2D eigenvalue weighted by Crippen LogP contribution is -2.11. The highest BCUT2D eigenvalue weighted by molar-refractivity contribution is 5.62. The summed E-state index contributed by atoms with van der Waals surface area (Å²) in [6, 6.07) is 21.0. The van der Waals surface area contributed by atoms with E-state index >= 15 is 0 Å². The van der Waals surface area contributed by atoms with Gasteiger partial charge in [0.25, 0.3) is 11.4 Å². The first-order valence-electron chi connectivity index (χ1n) is 20.1. The van der Waals surface area contributed by atoms with Gasteiger partial charge in [0.05, 0.1) is 9.85 Å². The van der Waals surface area contributed by atoms with Crippen molar-refractivity contribution in [1.82, 2.24) is 0 Å². The Hall–Kier alpha value is -6.68. The number of rotatable bonds is 8. The number of nitrogens with zero attached hydrogens (tertiary/aromatic N) is 2. The van der Waals surface area contributed by atoms with Crippen LogP contribution < -0.4 is 9.47 Å². The predicted molar refractivity (Wildman–Crippen MR) is 233 cm³/mol. The van der Waals surface area contributed by atoms with Crippen molar-refractivity contribution in [3.8, 4) is 23.0 Å². The van der Waals surface area contributed by atoms with E-state index in [1.54, 1.807) is 24.3 Å². The van der Waals surface area contributed by atoms with Gasteiger partial charge in [-0.15, -0.1) is 0 Å². The molecule has 0 radical (unpaired) electrons. The summed E-state index contributed by atoms with van der Waals surface area (Å²) >= 11 is 0. The molecule has 1 aliphatic carbocycles. The molecule has 0 atom stereocenters. The van der Waals surface area contributed by atoms with E-state index in [0.717, 1.165) is 100 Å². The van der Waals surface area contributed by atoms with Gasteiger partial charge in [0, 0.05) is 72.2 Å². The molecule has 0 saturated carbocycles. The molecule has 1 aliphatic rings. The number of phenols is 2. The van der Waals surface area contributed by atoms with Gasteiger partial charge in [0.2, 0.25) is 0 Å². The predicted octanol–water partition coefficient (Wildman–Crippen LogP) is 11.2. The first-order valence-corrected chi connectivity index (χ1v) is 20.1. The Morgan fingerprint density at radius 1 is 0.467 bits per heavy atom. The van der Waals surface area contributed by atoms with Gasteiger partial charge in [-0.05, 0) is 158 Å². The number of nitro groups is 2. The summed E-state index contributed by atoms with van der Waals surface area (Å²) < 4.78 is 13.5. The molecule has 0 spiro atoms. The lowest BCUT2D eigenvalue weighted by Gasteiger charge is -2.25. The fourth-order valence-corrected chi connectivity index (χ4v) is 8.42. The average Bonchev–Trinajstić information content (AvgIpc) is 3.22. The van der Waals surface area contributed by atoms with E-state index in [9.17, 15) is 30.4 Å². The van der Waals surface area contributed by atoms with Crippen molar-refractivity contribution >= 4 is 11.4 Å². The maximum absolute atomic E-state index is 12.3. The zero-order chi connectivity index (χ0) is 43.2. The standard InChI is InChI=1S/C50H50N2O8/c1-27-17-37-21-45-33(7)30(4)20-40(50(45)60-26-36-11-15-42(16-12-36)52(57)58)24-44-32(6)28(2)18-38(48(44)54)22-46-34(8)29(3)19-39(23-43(31(27)5)47(37)53)49(46)59-25-35-9-13-41(14-10-35)51(55)56/h9-20,53-54H,21-26H2,1-8H3. The molecule has 2 N–H and O–H groups in total. The van der Waals surface area contributed by atoms with Crippen molar-refractivity contribution in [2.24, 2.45) is 0 Å². The van der Waals surface area contributed by atoms with Gasteiger partial charge in [-0.3, -0.25) is 20.2 Å². The van der Waals surface area contributed by atoms with Crippen LogP contribution in [0.15, 0.2) is 72.8 Å². The normalized spacial score (nSPS) is 12.3. The second-order valence-corrected chi connectivity index (χ2v) is 16.3. The monoisotopic (exact) mass is 806 g/mol. The van der Waals surface area contributed by atoms with Crippen molar-refractivity contribution < 1.29 is 29.5 Å². The zero-order valence-corrected chi connectivity index (χ0v) is 35.4. The van der Waals surface area contributed by atoms with Gasteiger partial charge >= 0.3 is 0 Å². The molecule has 60 heavy (non-hydrogen) atoms. The van der Waals surface area contributed by atoms with Crippen molar-refractivity contribution in [2.45, 2.75) is 94.3 Å². The molecule has 0 aliphatic heterocycles. The highest BCUT2D eigenvalue weighted by Gasteiger charge is 2.26. The summed E-state index contributed by atoms with van der Waals surface area (Å²) in [5.41, 5.74) is 16.3. The summed E-state index contributed by atoms with van der Waals surface area (Å²) in [7, 11) is 0. The quantitative estimate of drug-likeness (QED) is 0.114. The smallest absolute Gasteiger partial charge is 0.269 e. The minimum Gasteiger partial charge on any atom is -0.507 e. The van der Waals surface area contributed by atoms with Crippen LogP contribution in [0.5, 0.6) is 23.0 Å². The van der Waals surface area contributed by atoms with Crippen LogP contribution in [0.3, 0.4) is 0 Å². The van der Waals surface area contributed by atoms with Crippen molar-refractivity contribution in [3.63, 3.8) is 0 Å². The second-order valence-electron chi connectivity index (χ2n) is 16.3. The Bertz CT molecular complexity index is 2510. The lowest BCUT2D eigenvalue weighted by molar-refractivity contribution is -0.385. The summed E-state index contributed by atoms with van der Waals surface area (Å²) in [6.07, 6.45) is 1.45. The molecule has 10 nitrogen and oxygen atoms in total. The number of benzene rings is 6. The number of phenolic OH excluding ortho intramolecular Hbond substituents is 2. The Labute approximate surface area is 350 Å². The number of non-ortho nitro benzene ring substituents is 2. The van der Waals surface area contributed by atoms with Crippen LogP contribution in [0.4, 0.5) is 11.4 Å². The SMILES string of the molecule is Cc1cc2c(O)c(c1C)Cc1cc(C)c(C)c(c1OCc1ccc([N+](=O)[O-])cc1)Cc1cc(C)c(C)c(c1O)Cc1cc(C)c(C)c(c1OCc1ccc([N+](=O)[O-])cc1)C2. The molecule has 6 aromatic carbocycles. The number of fused-ring (bicyclic) bond motifs is 8. The minimum absolute atomic E-state index is 0.00127. The molecular weight excluding hydrogens is 757 g/mol. The largest absolute Gasteiger partial charge is 0.507 e. The van der Waals surface area contributed by atoms with Gasteiger partial charge in [0.15, 0.2) is 0 Å². The topological polar surface area (TPSA) is 145 Å². The van der Waals surface area contributed by atoms with E-state index in [0.29, 0.717) is 37.2 Å².